The van der Waals surface area contributed by atoms with Gasteiger partial charge in [0.1, 0.15) is 0 Å². The molecule has 0 fully saturated rings. The van der Waals surface area contributed by atoms with Crippen molar-refractivity contribution >= 4 is 5.97 Å². The van der Waals surface area contributed by atoms with Gasteiger partial charge in [0.25, 0.3) is 0 Å². The Labute approximate surface area is 81.4 Å². The fraction of sp³-hybridized carbons (Fsp3) is 0.556. The molecule has 1 aromatic rings. The van der Waals surface area contributed by atoms with E-state index in [0.29, 0.717) is 25.5 Å². The summed E-state index contributed by atoms with van der Waals surface area (Å²) < 4.78 is 10.3. The second-order valence-corrected chi connectivity index (χ2v) is 3.10. The molecule has 2 heterocycles. The summed E-state index contributed by atoms with van der Waals surface area (Å²) in [7, 11) is 0. The molecule has 5 nitrogen and oxygen atoms in total. The summed E-state index contributed by atoms with van der Waals surface area (Å²) in [5.41, 5.74) is 0.801. The zero-order valence-corrected chi connectivity index (χ0v) is 7.95. The summed E-state index contributed by atoms with van der Waals surface area (Å²) in [6.07, 6.45) is 2.28. The number of hydrogen-bond donors (Lipinski definition) is 1. The quantitative estimate of drug-likeness (QED) is 0.712. The molecule has 14 heavy (non-hydrogen) atoms. The molecular weight excluding hydrogens is 184 g/mol. The van der Waals surface area contributed by atoms with Crippen molar-refractivity contribution in [2.75, 3.05) is 13.2 Å². The van der Waals surface area contributed by atoms with Crippen LogP contribution in [0.5, 0.6) is 5.88 Å². The van der Waals surface area contributed by atoms with Gasteiger partial charge in [-0.25, -0.2) is 5.10 Å². The van der Waals surface area contributed by atoms with Crippen LogP contribution in [-0.2, 0) is 9.53 Å². The van der Waals surface area contributed by atoms with Crippen LogP contribution in [0.25, 0.3) is 0 Å². The number of aromatic nitrogens is 2. The molecule has 1 aromatic heterocycles. The minimum Gasteiger partial charge on any atom is -0.478 e. The summed E-state index contributed by atoms with van der Waals surface area (Å²) in [6, 6.07) is 0. The number of fused-ring (bicyclic) bond motifs is 1. The molecule has 5 heteroatoms. The van der Waals surface area contributed by atoms with E-state index in [9.17, 15) is 4.79 Å². The van der Waals surface area contributed by atoms with Gasteiger partial charge in [-0.2, -0.15) is 5.10 Å². The number of nitrogens with zero attached hydrogens (tertiary/aromatic N) is 1. The average Bonchev–Trinajstić information content (AvgIpc) is 2.65. The number of aromatic amines is 1. The van der Waals surface area contributed by atoms with E-state index in [-0.39, 0.29) is 11.9 Å². The maximum absolute atomic E-state index is 11.5. The third kappa shape index (κ3) is 1.45. The zero-order chi connectivity index (χ0) is 9.97. The van der Waals surface area contributed by atoms with Crippen LogP contribution in [0.1, 0.15) is 24.8 Å². The van der Waals surface area contributed by atoms with Crippen LogP contribution in [0.2, 0.25) is 0 Å². The van der Waals surface area contributed by atoms with Crippen LogP contribution >= 0.6 is 0 Å². The van der Waals surface area contributed by atoms with Crippen LogP contribution in [0.15, 0.2) is 6.20 Å². The van der Waals surface area contributed by atoms with Crippen molar-refractivity contribution in [1.82, 2.24) is 10.2 Å². The van der Waals surface area contributed by atoms with Gasteiger partial charge in [0.2, 0.25) is 5.88 Å². The third-order valence-electron chi connectivity index (χ3n) is 2.23. The normalized spacial score (nSPS) is 19.6. The highest BCUT2D eigenvalue weighted by atomic mass is 16.5. The van der Waals surface area contributed by atoms with Crippen molar-refractivity contribution in [1.29, 1.82) is 0 Å². The van der Waals surface area contributed by atoms with Crippen molar-refractivity contribution in [2.24, 2.45) is 0 Å². The highest BCUT2D eigenvalue weighted by Crippen LogP contribution is 2.32. The molecule has 0 saturated heterocycles. The molecule has 1 N–H and O–H groups in total. The van der Waals surface area contributed by atoms with Crippen LogP contribution in [0, 0.1) is 0 Å². The van der Waals surface area contributed by atoms with Gasteiger partial charge in [0.05, 0.1) is 25.3 Å². The lowest BCUT2D eigenvalue weighted by Gasteiger charge is -2.20. The summed E-state index contributed by atoms with van der Waals surface area (Å²) in [5, 5.41) is 6.54. The maximum atomic E-state index is 11.5. The van der Waals surface area contributed by atoms with E-state index in [0.717, 1.165) is 5.56 Å². The molecule has 0 amide bonds. The molecule has 0 radical (unpaired) electrons. The number of H-pyrrole nitrogens is 1. The number of esters is 1. The largest absolute Gasteiger partial charge is 0.478 e. The topological polar surface area (TPSA) is 64.2 Å². The molecule has 0 bridgehead atoms. The first-order chi connectivity index (χ1) is 6.83. The number of rotatable bonds is 2. The fourth-order valence-electron chi connectivity index (χ4n) is 1.57. The summed E-state index contributed by atoms with van der Waals surface area (Å²) in [6.45, 7) is 2.73. The zero-order valence-electron chi connectivity index (χ0n) is 7.95. The predicted molar refractivity (Wildman–Crippen MR) is 48.1 cm³/mol. The van der Waals surface area contributed by atoms with Crippen molar-refractivity contribution in [3.8, 4) is 5.88 Å². The Kier molecular flexibility index (Phi) is 2.39. The van der Waals surface area contributed by atoms with Crippen molar-refractivity contribution in [3.05, 3.63) is 11.8 Å². The van der Waals surface area contributed by atoms with Gasteiger partial charge in [-0.05, 0) is 13.3 Å². The molecule has 1 atom stereocenters. The standard InChI is InChI=1S/C9H12N2O3/c1-2-13-9(12)6-3-4-14-8-7(6)5-10-11-8/h5-6H,2-4H2,1H3,(H,10,11). The maximum Gasteiger partial charge on any atom is 0.313 e. The van der Waals surface area contributed by atoms with E-state index in [1.807, 2.05) is 0 Å². The third-order valence-corrected chi connectivity index (χ3v) is 2.23. The van der Waals surface area contributed by atoms with E-state index in [1.54, 1.807) is 13.1 Å². The molecule has 1 aliphatic rings. The second kappa shape index (κ2) is 3.69. The Balaban J connectivity index is 2.19. The number of nitrogens with one attached hydrogen (secondary N) is 1. The minimum absolute atomic E-state index is 0.196. The molecular formula is C9H12N2O3. The Bertz CT molecular complexity index is 335. The van der Waals surface area contributed by atoms with Gasteiger partial charge in [-0.1, -0.05) is 0 Å². The first kappa shape index (κ1) is 9.05. The number of ether oxygens (including phenoxy) is 2. The first-order valence-electron chi connectivity index (χ1n) is 4.65. The van der Waals surface area contributed by atoms with E-state index >= 15 is 0 Å². The van der Waals surface area contributed by atoms with Crippen LogP contribution in [0.4, 0.5) is 0 Å². The van der Waals surface area contributed by atoms with Gasteiger partial charge in [-0.15, -0.1) is 0 Å². The monoisotopic (exact) mass is 196 g/mol. The van der Waals surface area contributed by atoms with Crippen LogP contribution in [0.3, 0.4) is 0 Å². The minimum atomic E-state index is -0.225. The highest BCUT2D eigenvalue weighted by Gasteiger charge is 2.30. The number of hydrogen-bond acceptors (Lipinski definition) is 4. The lowest BCUT2D eigenvalue weighted by molar-refractivity contribution is -0.145. The molecule has 2 rings (SSSR count). The summed E-state index contributed by atoms with van der Waals surface area (Å²) in [4.78, 5) is 11.5. The van der Waals surface area contributed by atoms with Crippen LogP contribution < -0.4 is 4.74 Å². The first-order valence-corrected chi connectivity index (χ1v) is 4.65. The molecule has 0 aliphatic carbocycles. The van der Waals surface area contributed by atoms with E-state index in [1.165, 1.54) is 0 Å². The van der Waals surface area contributed by atoms with E-state index < -0.39 is 0 Å². The fourth-order valence-corrected chi connectivity index (χ4v) is 1.57. The molecule has 0 saturated carbocycles. The van der Waals surface area contributed by atoms with Crippen molar-refractivity contribution < 1.29 is 14.3 Å². The Morgan fingerprint density at radius 1 is 1.86 bits per heavy atom. The highest BCUT2D eigenvalue weighted by molar-refractivity contribution is 5.79. The molecule has 0 aromatic carbocycles. The Hall–Kier alpha value is -1.52. The Morgan fingerprint density at radius 2 is 2.71 bits per heavy atom. The molecule has 0 spiro atoms. The Morgan fingerprint density at radius 3 is 3.50 bits per heavy atom. The van der Waals surface area contributed by atoms with Gasteiger partial charge in [0, 0.05) is 5.56 Å². The predicted octanol–water partition coefficient (Wildman–Crippen LogP) is 0.839. The van der Waals surface area contributed by atoms with E-state index in [4.69, 9.17) is 9.47 Å². The van der Waals surface area contributed by atoms with E-state index in [2.05, 4.69) is 10.2 Å². The van der Waals surface area contributed by atoms with Gasteiger partial charge in [-0.3, -0.25) is 4.79 Å². The average molecular weight is 196 g/mol. The SMILES string of the molecule is CCOC(=O)C1CCOc2[nH]ncc21. The van der Waals surface area contributed by atoms with Gasteiger partial charge < -0.3 is 9.47 Å². The lowest BCUT2D eigenvalue weighted by Crippen LogP contribution is -2.22. The smallest absolute Gasteiger partial charge is 0.313 e. The number of carbonyl (C=O) groups is 1. The van der Waals surface area contributed by atoms with Gasteiger partial charge in [0.15, 0.2) is 0 Å². The molecule has 1 aliphatic heterocycles. The molecule has 1 unspecified atom stereocenters. The molecule has 76 valence electrons. The van der Waals surface area contributed by atoms with Crippen LogP contribution in [-0.4, -0.2) is 29.4 Å². The summed E-state index contributed by atoms with van der Waals surface area (Å²) >= 11 is 0. The summed E-state index contributed by atoms with van der Waals surface area (Å²) in [5.74, 6) is 0.171. The number of carbonyl (C=O) groups excluding carboxylic acids is 1. The van der Waals surface area contributed by atoms with Crippen molar-refractivity contribution in [3.63, 3.8) is 0 Å². The van der Waals surface area contributed by atoms with Crippen molar-refractivity contribution in [2.45, 2.75) is 19.3 Å². The lowest BCUT2D eigenvalue weighted by atomic mass is 9.97. The second-order valence-electron chi connectivity index (χ2n) is 3.10. The van der Waals surface area contributed by atoms with Gasteiger partial charge >= 0.3 is 5.97 Å².